The van der Waals surface area contributed by atoms with E-state index in [2.05, 4.69) is 5.32 Å². The molecule has 0 bridgehead atoms. The topological polar surface area (TPSA) is 69.6 Å². The lowest BCUT2D eigenvalue weighted by atomic mass is 10.2. The van der Waals surface area contributed by atoms with Crippen LogP contribution in [0.4, 0.5) is 14.9 Å². The summed E-state index contributed by atoms with van der Waals surface area (Å²) in [5.41, 5.74) is 0.829. The minimum Gasteiger partial charge on any atom is -0.480 e. The average Bonchev–Trinajstić information content (AvgIpc) is 2.22. The molecular weight excluding hydrogens is 227 g/mol. The van der Waals surface area contributed by atoms with Gasteiger partial charge in [-0.25, -0.2) is 9.18 Å². The highest BCUT2D eigenvalue weighted by molar-refractivity contribution is 5.91. The van der Waals surface area contributed by atoms with Gasteiger partial charge in [0.2, 0.25) is 0 Å². The Balaban J connectivity index is 2.73. The lowest BCUT2D eigenvalue weighted by Crippen LogP contribution is -2.35. The molecule has 0 spiro atoms. The zero-order valence-corrected chi connectivity index (χ0v) is 9.53. The van der Waals surface area contributed by atoms with E-state index in [-0.39, 0.29) is 5.69 Å². The van der Waals surface area contributed by atoms with E-state index in [1.165, 1.54) is 19.2 Å². The fourth-order valence-electron chi connectivity index (χ4n) is 1.22. The Morgan fingerprint density at radius 2 is 2.12 bits per heavy atom. The molecule has 0 fully saturated rings. The molecular formula is C11H13FN2O3. The number of carbonyl (C=O) groups is 2. The number of carbonyl (C=O) groups excluding carboxylic acids is 1. The van der Waals surface area contributed by atoms with Gasteiger partial charge in [-0.15, -0.1) is 0 Å². The molecule has 0 heterocycles. The Labute approximate surface area is 97.8 Å². The standard InChI is InChI=1S/C11H13FN2O3/c1-7-3-4-8(12)9(5-7)13-11(17)14(2)6-10(15)16/h3-5H,6H2,1-2H3,(H,13,17)(H,15,16). The van der Waals surface area contributed by atoms with Gasteiger partial charge in [0.1, 0.15) is 12.4 Å². The molecule has 92 valence electrons. The van der Waals surface area contributed by atoms with Crippen molar-refractivity contribution in [1.29, 1.82) is 0 Å². The van der Waals surface area contributed by atoms with Crippen LogP contribution in [-0.2, 0) is 4.79 Å². The normalized spacial score (nSPS) is 9.82. The Hall–Kier alpha value is -2.11. The van der Waals surface area contributed by atoms with E-state index < -0.39 is 24.4 Å². The fraction of sp³-hybridized carbons (Fsp3) is 0.273. The highest BCUT2D eigenvalue weighted by Crippen LogP contribution is 2.15. The average molecular weight is 240 g/mol. The van der Waals surface area contributed by atoms with Gasteiger partial charge in [0, 0.05) is 7.05 Å². The Bertz CT molecular complexity index is 448. The summed E-state index contributed by atoms with van der Waals surface area (Å²) in [4.78, 5) is 22.8. The number of urea groups is 1. The van der Waals surface area contributed by atoms with E-state index in [0.717, 1.165) is 10.5 Å². The van der Waals surface area contributed by atoms with Crippen LogP contribution >= 0.6 is 0 Å². The van der Waals surface area contributed by atoms with Crippen molar-refractivity contribution in [3.05, 3.63) is 29.6 Å². The van der Waals surface area contributed by atoms with Crippen molar-refractivity contribution < 1.29 is 19.1 Å². The number of benzene rings is 1. The second-order valence-corrected chi connectivity index (χ2v) is 3.66. The number of amides is 2. The van der Waals surface area contributed by atoms with Crippen molar-refractivity contribution in [2.45, 2.75) is 6.92 Å². The molecule has 0 aliphatic carbocycles. The summed E-state index contributed by atoms with van der Waals surface area (Å²) in [7, 11) is 1.32. The Morgan fingerprint density at radius 1 is 1.47 bits per heavy atom. The van der Waals surface area contributed by atoms with Crippen molar-refractivity contribution in [3.63, 3.8) is 0 Å². The van der Waals surface area contributed by atoms with Crippen LogP contribution in [0.25, 0.3) is 0 Å². The number of nitrogens with zero attached hydrogens (tertiary/aromatic N) is 1. The summed E-state index contributed by atoms with van der Waals surface area (Å²) < 4.78 is 13.3. The van der Waals surface area contributed by atoms with Crippen LogP contribution in [0, 0.1) is 12.7 Å². The van der Waals surface area contributed by atoms with Gasteiger partial charge in [-0.05, 0) is 24.6 Å². The molecule has 0 atom stereocenters. The first-order valence-electron chi connectivity index (χ1n) is 4.90. The number of hydrogen-bond acceptors (Lipinski definition) is 2. The molecule has 17 heavy (non-hydrogen) atoms. The number of aliphatic carboxylic acids is 1. The van der Waals surface area contributed by atoms with Crippen LogP contribution in [0.3, 0.4) is 0 Å². The van der Waals surface area contributed by atoms with Gasteiger partial charge in [0.15, 0.2) is 0 Å². The maximum absolute atomic E-state index is 13.3. The predicted molar refractivity (Wildman–Crippen MR) is 60.4 cm³/mol. The van der Waals surface area contributed by atoms with Crippen LogP contribution in [0.15, 0.2) is 18.2 Å². The minimum absolute atomic E-state index is 0.0345. The van der Waals surface area contributed by atoms with Gasteiger partial charge in [0.05, 0.1) is 5.69 Å². The largest absolute Gasteiger partial charge is 0.480 e. The van der Waals surface area contributed by atoms with E-state index in [9.17, 15) is 14.0 Å². The number of hydrogen-bond donors (Lipinski definition) is 2. The summed E-state index contributed by atoms with van der Waals surface area (Å²) in [6, 6.07) is 3.62. The van der Waals surface area contributed by atoms with Crippen molar-refractivity contribution in [2.24, 2.45) is 0 Å². The Kier molecular flexibility index (Phi) is 4.03. The zero-order chi connectivity index (χ0) is 13.0. The lowest BCUT2D eigenvalue weighted by molar-refractivity contribution is -0.137. The number of carboxylic acids is 1. The fourth-order valence-corrected chi connectivity index (χ4v) is 1.22. The SMILES string of the molecule is Cc1ccc(F)c(NC(=O)N(C)CC(=O)O)c1. The summed E-state index contributed by atoms with van der Waals surface area (Å²) in [5, 5.41) is 10.8. The monoisotopic (exact) mass is 240 g/mol. The van der Waals surface area contributed by atoms with Crippen LogP contribution < -0.4 is 5.32 Å². The molecule has 2 N–H and O–H groups in total. The predicted octanol–water partition coefficient (Wildman–Crippen LogP) is 1.68. The van der Waals surface area contributed by atoms with Gasteiger partial charge in [-0.1, -0.05) is 6.07 Å². The smallest absolute Gasteiger partial charge is 0.323 e. The van der Waals surface area contributed by atoms with Gasteiger partial charge in [-0.3, -0.25) is 4.79 Å². The number of halogens is 1. The Morgan fingerprint density at radius 3 is 2.71 bits per heavy atom. The van der Waals surface area contributed by atoms with Crippen LogP contribution in [0.2, 0.25) is 0 Å². The molecule has 0 radical (unpaired) electrons. The molecule has 0 saturated heterocycles. The van der Waals surface area contributed by atoms with Gasteiger partial charge in [-0.2, -0.15) is 0 Å². The summed E-state index contributed by atoms with van der Waals surface area (Å²) >= 11 is 0. The third-order valence-corrected chi connectivity index (χ3v) is 2.08. The van der Waals surface area contributed by atoms with Crippen molar-refractivity contribution in [3.8, 4) is 0 Å². The highest BCUT2D eigenvalue weighted by atomic mass is 19.1. The van der Waals surface area contributed by atoms with Crippen molar-refractivity contribution >= 4 is 17.7 Å². The maximum Gasteiger partial charge on any atom is 0.323 e. The molecule has 0 aliphatic heterocycles. The molecule has 6 heteroatoms. The molecule has 0 saturated carbocycles. The quantitative estimate of drug-likeness (QED) is 0.844. The van der Waals surface area contributed by atoms with E-state index in [1.54, 1.807) is 13.0 Å². The maximum atomic E-state index is 13.3. The van der Waals surface area contributed by atoms with Crippen LogP contribution in [-0.4, -0.2) is 35.6 Å². The van der Waals surface area contributed by atoms with Gasteiger partial charge >= 0.3 is 12.0 Å². The van der Waals surface area contributed by atoms with Crippen molar-refractivity contribution in [2.75, 3.05) is 18.9 Å². The summed E-state index contributed by atoms with van der Waals surface area (Å²) in [5.74, 6) is -1.69. The van der Waals surface area contributed by atoms with Gasteiger partial charge < -0.3 is 15.3 Å². The second-order valence-electron chi connectivity index (χ2n) is 3.66. The first-order valence-corrected chi connectivity index (χ1v) is 4.90. The number of carboxylic acid groups (broad SMARTS) is 1. The zero-order valence-electron chi connectivity index (χ0n) is 9.53. The number of aryl methyl sites for hydroxylation is 1. The third-order valence-electron chi connectivity index (χ3n) is 2.08. The highest BCUT2D eigenvalue weighted by Gasteiger charge is 2.13. The molecule has 1 rings (SSSR count). The molecule has 1 aromatic rings. The minimum atomic E-state index is -1.13. The lowest BCUT2D eigenvalue weighted by Gasteiger charge is -2.16. The number of rotatable bonds is 3. The van der Waals surface area contributed by atoms with Crippen LogP contribution in [0.5, 0.6) is 0 Å². The molecule has 0 aromatic heterocycles. The number of likely N-dealkylation sites (N-methyl/N-ethyl adjacent to an activating group) is 1. The number of nitrogens with one attached hydrogen (secondary N) is 1. The first-order chi connectivity index (χ1) is 7.90. The summed E-state index contributed by atoms with van der Waals surface area (Å²) in [6.45, 7) is 1.31. The van der Waals surface area contributed by atoms with E-state index in [0.29, 0.717) is 0 Å². The van der Waals surface area contributed by atoms with E-state index >= 15 is 0 Å². The molecule has 1 aromatic carbocycles. The third kappa shape index (κ3) is 3.75. The van der Waals surface area contributed by atoms with Crippen molar-refractivity contribution in [1.82, 2.24) is 4.90 Å². The van der Waals surface area contributed by atoms with E-state index in [4.69, 9.17) is 5.11 Å². The molecule has 0 aliphatic rings. The molecule has 2 amide bonds. The first kappa shape index (κ1) is 13.0. The molecule has 0 unspecified atom stereocenters. The van der Waals surface area contributed by atoms with Gasteiger partial charge in [0.25, 0.3) is 0 Å². The number of anilines is 1. The second kappa shape index (κ2) is 5.29. The van der Waals surface area contributed by atoms with E-state index in [1.807, 2.05) is 0 Å². The summed E-state index contributed by atoms with van der Waals surface area (Å²) in [6.07, 6.45) is 0. The van der Waals surface area contributed by atoms with Crippen LogP contribution in [0.1, 0.15) is 5.56 Å². The molecule has 5 nitrogen and oxygen atoms in total.